The number of rotatable bonds is 3. The summed E-state index contributed by atoms with van der Waals surface area (Å²) in [6.45, 7) is 0. The van der Waals surface area contributed by atoms with Crippen molar-refractivity contribution in [3.05, 3.63) is 66.0 Å². The minimum atomic E-state index is -1.30. The summed E-state index contributed by atoms with van der Waals surface area (Å²) in [7, 11) is 1.67. The first kappa shape index (κ1) is 16.7. The van der Waals surface area contributed by atoms with E-state index in [1.165, 1.54) is 4.90 Å². The zero-order valence-electron chi connectivity index (χ0n) is 14.6. The smallest absolute Gasteiger partial charge is 0.240 e. The molecule has 0 N–H and O–H groups in total. The first-order chi connectivity index (χ1) is 13.1. The number of para-hydroxylation sites is 3. The number of fused-ring (bicyclic) bond motifs is 2. The quantitative estimate of drug-likeness (QED) is 0.722. The van der Waals surface area contributed by atoms with E-state index in [4.69, 9.17) is 0 Å². The average Bonchev–Trinajstić information content (AvgIpc) is 2.92. The Morgan fingerprint density at radius 3 is 2.48 bits per heavy atom. The molecule has 0 spiro atoms. The second-order valence-corrected chi connectivity index (χ2v) is 6.57. The Hall–Kier alpha value is -3.77. The van der Waals surface area contributed by atoms with Crippen LogP contribution >= 0.6 is 0 Å². The van der Waals surface area contributed by atoms with Gasteiger partial charge in [-0.1, -0.05) is 30.3 Å². The van der Waals surface area contributed by atoms with E-state index < -0.39 is 11.3 Å². The zero-order chi connectivity index (χ0) is 19.0. The number of anilines is 1. The van der Waals surface area contributed by atoms with Crippen LogP contribution in [0.4, 0.5) is 5.69 Å². The van der Waals surface area contributed by atoms with Crippen LogP contribution in [0.1, 0.15) is 11.3 Å². The van der Waals surface area contributed by atoms with E-state index >= 15 is 0 Å². The number of carbonyl (C=O) groups excluding carboxylic acids is 1. The molecule has 6 heteroatoms. The fraction of sp³-hybridized carbons (Fsp3) is 0.190. The maximum Gasteiger partial charge on any atom is 0.240 e. The van der Waals surface area contributed by atoms with Crippen molar-refractivity contribution in [3.8, 4) is 12.1 Å². The summed E-state index contributed by atoms with van der Waals surface area (Å²) < 4.78 is 0. The molecule has 4 rings (SSSR count). The molecule has 0 saturated heterocycles. The molecule has 0 fully saturated rings. The van der Waals surface area contributed by atoms with E-state index in [1.54, 1.807) is 13.2 Å². The summed E-state index contributed by atoms with van der Waals surface area (Å²) in [6, 6.07) is 18.8. The second kappa shape index (κ2) is 6.19. The number of carbonyl (C=O) groups is 1. The van der Waals surface area contributed by atoms with E-state index in [2.05, 4.69) is 9.97 Å². The predicted octanol–water partition coefficient (Wildman–Crippen LogP) is 2.75. The molecule has 0 saturated carbocycles. The molecular formula is C21H15N5O. The van der Waals surface area contributed by atoms with Gasteiger partial charge in [-0.3, -0.25) is 9.78 Å². The van der Waals surface area contributed by atoms with E-state index in [9.17, 15) is 15.3 Å². The summed E-state index contributed by atoms with van der Waals surface area (Å²) >= 11 is 0. The normalized spacial score (nSPS) is 18.4. The maximum atomic E-state index is 13.3. The number of likely N-dealkylation sites (N-methyl/N-ethyl adjacent to an activating group) is 1. The molecule has 1 unspecified atom stereocenters. The van der Waals surface area contributed by atoms with E-state index in [0.29, 0.717) is 22.5 Å². The number of hydrogen-bond acceptors (Lipinski definition) is 5. The van der Waals surface area contributed by atoms with Gasteiger partial charge in [0.25, 0.3) is 0 Å². The van der Waals surface area contributed by atoms with Gasteiger partial charge in [0.15, 0.2) is 5.92 Å². The van der Waals surface area contributed by atoms with Gasteiger partial charge in [0.1, 0.15) is 5.41 Å². The molecule has 0 radical (unpaired) electrons. The molecule has 0 bridgehead atoms. The van der Waals surface area contributed by atoms with Crippen LogP contribution in [0.15, 0.2) is 54.7 Å². The van der Waals surface area contributed by atoms with Crippen molar-refractivity contribution < 1.29 is 4.79 Å². The van der Waals surface area contributed by atoms with Gasteiger partial charge in [-0.2, -0.15) is 10.5 Å². The van der Waals surface area contributed by atoms with Crippen molar-refractivity contribution in [2.24, 2.45) is 5.92 Å². The van der Waals surface area contributed by atoms with Crippen LogP contribution in [0.2, 0.25) is 0 Å². The topological polar surface area (TPSA) is 93.7 Å². The number of aromatic nitrogens is 2. The lowest BCUT2D eigenvalue weighted by molar-refractivity contribution is -0.123. The van der Waals surface area contributed by atoms with Crippen LogP contribution in [0.25, 0.3) is 11.0 Å². The lowest BCUT2D eigenvalue weighted by Gasteiger charge is -2.28. The highest BCUT2D eigenvalue weighted by Gasteiger charge is 2.55. The monoisotopic (exact) mass is 353 g/mol. The first-order valence-electron chi connectivity index (χ1n) is 8.49. The molecule has 0 aliphatic carbocycles. The Morgan fingerprint density at radius 1 is 1.07 bits per heavy atom. The molecule has 27 heavy (non-hydrogen) atoms. The number of nitriles is 2. The molecule has 1 aromatic heterocycles. The number of amides is 1. The van der Waals surface area contributed by atoms with E-state index in [-0.39, 0.29) is 12.3 Å². The molecule has 2 aromatic carbocycles. The molecule has 1 atom stereocenters. The van der Waals surface area contributed by atoms with Crippen LogP contribution in [0.3, 0.4) is 0 Å². The fourth-order valence-electron chi connectivity index (χ4n) is 3.83. The molecule has 130 valence electrons. The van der Waals surface area contributed by atoms with Gasteiger partial charge < -0.3 is 4.90 Å². The maximum absolute atomic E-state index is 13.3. The summed E-state index contributed by atoms with van der Waals surface area (Å²) in [5.41, 5.74) is 2.13. The first-order valence-corrected chi connectivity index (χ1v) is 8.49. The molecular weight excluding hydrogens is 338 g/mol. The predicted molar refractivity (Wildman–Crippen MR) is 99.5 cm³/mol. The number of hydrogen-bond donors (Lipinski definition) is 0. The van der Waals surface area contributed by atoms with Gasteiger partial charge in [0, 0.05) is 25.4 Å². The molecule has 1 amide bonds. The van der Waals surface area contributed by atoms with Crippen LogP contribution in [0, 0.1) is 28.6 Å². The molecule has 1 aliphatic heterocycles. The Labute approximate surface area is 156 Å². The summed E-state index contributed by atoms with van der Waals surface area (Å²) in [6.07, 6.45) is 1.75. The summed E-state index contributed by atoms with van der Waals surface area (Å²) in [5, 5.41) is 19.3. The van der Waals surface area contributed by atoms with Gasteiger partial charge in [0.2, 0.25) is 5.91 Å². The molecule has 6 nitrogen and oxygen atoms in total. The Morgan fingerprint density at radius 2 is 1.74 bits per heavy atom. The minimum Gasteiger partial charge on any atom is -0.314 e. The van der Waals surface area contributed by atoms with Gasteiger partial charge >= 0.3 is 0 Å². The van der Waals surface area contributed by atoms with Crippen molar-refractivity contribution in [2.75, 3.05) is 11.9 Å². The third-order valence-corrected chi connectivity index (χ3v) is 5.14. The SMILES string of the molecule is CN1C(=O)C(Cc2cnc3ccccc3n2)(C(C#N)C#N)c2ccccc21. The molecule has 1 aliphatic rings. The van der Waals surface area contributed by atoms with Crippen LogP contribution in [-0.4, -0.2) is 22.9 Å². The highest BCUT2D eigenvalue weighted by molar-refractivity contribution is 6.08. The van der Waals surface area contributed by atoms with E-state index in [1.807, 2.05) is 60.7 Å². The van der Waals surface area contributed by atoms with Crippen LogP contribution in [-0.2, 0) is 16.6 Å². The number of benzene rings is 2. The van der Waals surface area contributed by atoms with Crippen molar-refractivity contribution in [1.82, 2.24) is 9.97 Å². The number of nitrogens with zero attached hydrogens (tertiary/aromatic N) is 5. The zero-order valence-corrected chi connectivity index (χ0v) is 14.6. The Kier molecular flexibility index (Phi) is 3.83. The Balaban J connectivity index is 1.91. The summed E-state index contributed by atoms with van der Waals surface area (Å²) in [5.74, 6) is -1.41. The van der Waals surface area contributed by atoms with Crippen molar-refractivity contribution >= 4 is 22.6 Å². The van der Waals surface area contributed by atoms with E-state index in [0.717, 1.165) is 5.52 Å². The average molecular weight is 353 g/mol. The van der Waals surface area contributed by atoms with Crippen LogP contribution < -0.4 is 4.90 Å². The van der Waals surface area contributed by atoms with Crippen molar-refractivity contribution in [2.45, 2.75) is 11.8 Å². The highest BCUT2D eigenvalue weighted by atomic mass is 16.2. The van der Waals surface area contributed by atoms with Crippen molar-refractivity contribution in [3.63, 3.8) is 0 Å². The highest BCUT2D eigenvalue weighted by Crippen LogP contribution is 2.47. The minimum absolute atomic E-state index is 0.136. The molecule has 2 heterocycles. The third-order valence-electron chi connectivity index (χ3n) is 5.14. The van der Waals surface area contributed by atoms with Crippen LogP contribution in [0.5, 0.6) is 0 Å². The second-order valence-electron chi connectivity index (χ2n) is 6.57. The lowest BCUT2D eigenvalue weighted by atomic mass is 9.69. The Bertz CT molecular complexity index is 1130. The van der Waals surface area contributed by atoms with Gasteiger partial charge in [-0.25, -0.2) is 4.98 Å². The largest absolute Gasteiger partial charge is 0.314 e. The lowest BCUT2D eigenvalue weighted by Crippen LogP contribution is -2.45. The van der Waals surface area contributed by atoms with Crippen molar-refractivity contribution in [1.29, 1.82) is 10.5 Å². The fourth-order valence-corrected chi connectivity index (χ4v) is 3.83. The van der Waals surface area contributed by atoms with Gasteiger partial charge in [0.05, 0.1) is 28.9 Å². The molecule has 3 aromatic rings. The van der Waals surface area contributed by atoms with Gasteiger partial charge in [-0.15, -0.1) is 0 Å². The summed E-state index contributed by atoms with van der Waals surface area (Å²) in [4.78, 5) is 23.8. The van der Waals surface area contributed by atoms with Gasteiger partial charge in [-0.05, 0) is 23.8 Å². The third kappa shape index (κ3) is 2.35. The standard InChI is InChI=1S/C21H15N5O/c1-26-19-9-5-2-6-16(19)21(20(26)27,14(11-22)12-23)10-15-13-24-17-7-3-4-8-18(17)25-15/h2-9,13-14H,10H2,1H3.